The van der Waals surface area contributed by atoms with E-state index in [1.807, 2.05) is 24.3 Å². The Kier molecular flexibility index (Phi) is 4.93. The molecule has 0 bridgehead atoms. The van der Waals surface area contributed by atoms with Gasteiger partial charge in [-0.15, -0.1) is 22.7 Å². The van der Waals surface area contributed by atoms with Gasteiger partial charge in [-0.05, 0) is 31.2 Å². The molecule has 3 heterocycles. The summed E-state index contributed by atoms with van der Waals surface area (Å²) in [4.78, 5) is 34.3. The van der Waals surface area contributed by atoms with Crippen LogP contribution < -0.4 is 10.3 Å². The van der Waals surface area contributed by atoms with Gasteiger partial charge in [0.25, 0.3) is 5.56 Å². The van der Waals surface area contributed by atoms with Crippen LogP contribution in [-0.4, -0.2) is 27.4 Å². The Balaban J connectivity index is 1.51. The Hall–Kier alpha value is -3.04. The zero-order chi connectivity index (χ0) is 19.7. The maximum atomic E-state index is 12.5. The first-order chi connectivity index (χ1) is 13.5. The van der Waals surface area contributed by atoms with Crippen LogP contribution in [0.4, 0.5) is 0 Å². The van der Waals surface area contributed by atoms with E-state index in [1.54, 1.807) is 25.6 Å². The average molecular weight is 413 g/mol. The van der Waals surface area contributed by atoms with Crippen LogP contribution in [0.15, 0.2) is 46.7 Å². The minimum atomic E-state index is -0.483. The molecule has 0 saturated carbocycles. The van der Waals surface area contributed by atoms with Crippen LogP contribution in [0.25, 0.3) is 15.5 Å². The van der Waals surface area contributed by atoms with Gasteiger partial charge in [-0.2, -0.15) is 0 Å². The van der Waals surface area contributed by atoms with Gasteiger partial charge in [-0.1, -0.05) is 0 Å². The molecule has 0 spiro atoms. The van der Waals surface area contributed by atoms with E-state index in [0.29, 0.717) is 21.2 Å². The summed E-state index contributed by atoms with van der Waals surface area (Å²) in [5.74, 6) is 0.269. The Bertz CT molecular complexity index is 1210. The Morgan fingerprint density at radius 1 is 1.21 bits per heavy atom. The van der Waals surface area contributed by atoms with Crippen molar-refractivity contribution in [1.29, 1.82) is 0 Å². The Morgan fingerprint density at radius 3 is 2.75 bits per heavy atom. The summed E-state index contributed by atoms with van der Waals surface area (Å²) < 4.78 is 12.0. The fraction of sp³-hybridized carbons (Fsp3) is 0.158. The number of fused-ring (bicyclic) bond motifs is 1. The molecule has 9 heteroatoms. The molecule has 0 saturated heterocycles. The lowest BCUT2D eigenvalue weighted by atomic mass is 10.2. The lowest BCUT2D eigenvalue weighted by Crippen LogP contribution is -2.14. The number of ether oxygens (including phenoxy) is 2. The summed E-state index contributed by atoms with van der Waals surface area (Å²) in [6, 6.07) is 8.83. The molecule has 0 aliphatic rings. The molecule has 7 nitrogen and oxygen atoms in total. The van der Waals surface area contributed by atoms with Crippen molar-refractivity contribution in [3.8, 4) is 16.3 Å². The second-order valence-electron chi connectivity index (χ2n) is 5.88. The lowest BCUT2D eigenvalue weighted by Gasteiger charge is -2.03. The van der Waals surface area contributed by atoms with Crippen LogP contribution in [0.2, 0.25) is 0 Å². The molecule has 0 aliphatic heterocycles. The van der Waals surface area contributed by atoms with Gasteiger partial charge in [0.2, 0.25) is 0 Å². The van der Waals surface area contributed by atoms with Crippen molar-refractivity contribution in [2.45, 2.75) is 13.5 Å². The summed E-state index contributed by atoms with van der Waals surface area (Å²) >= 11 is 2.61. The summed E-state index contributed by atoms with van der Waals surface area (Å²) in [5, 5.41) is 2.50. The monoisotopic (exact) mass is 413 g/mol. The standard InChI is InChI=1S/C19H15N3O4S2/c1-11-16(28-17(20-11)12-3-5-14(25-2)6-4-12)18(24)26-10-13-9-15(23)22-7-8-27-19(22)21-13/h3-9H,10H2,1-2H3. The predicted molar refractivity (Wildman–Crippen MR) is 107 cm³/mol. The first-order valence-corrected chi connectivity index (χ1v) is 9.99. The lowest BCUT2D eigenvalue weighted by molar-refractivity contribution is 0.0472. The molecule has 0 radical (unpaired) electrons. The van der Waals surface area contributed by atoms with Crippen molar-refractivity contribution < 1.29 is 14.3 Å². The average Bonchev–Trinajstić information content (AvgIpc) is 3.33. The number of rotatable bonds is 5. The van der Waals surface area contributed by atoms with E-state index in [0.717, 1.165) is 16.3 Å². The van der Waals surface area contributed by atoms with Crippen molar-refractivity contribution in [3.05, 3.63) is 68.5 Å². The van der Waals surface area contributed by atoms with Crippen LogP contribution in [0.1, 0.15) is 21.1 Å². The molecule has 0 N–H and O–H groups in total. The number of hydrogen-bond donors (Lipinski definition) is 0. The molecule has 0 atom stereocenters. The minimum Gasteiger partial charge on any atom is -0.497 e. The topological polar surface area (TPSA) is 82.8 Å². The van der Waals surface area contributed by atoms with Gasteiger partial charge >= 0.3 is 5.97 Å². The number of hydrogen-bond acceptors (Lipinski definition) is 8. The fourth-order valence-electron chi connectivity index (χ4n) is 2.61. The van der Waals surface area contributed by atoms with Gasteiger partial charge in [-0.25, -0.2) is 14.8 Å². The van der Waals surface area contributed by atoms with E-state index in [-0.39, 0.29) is 12.2 Å². The number of methoxy groups -OCH3 is 1. The molecule has 3 aromatic heterocycles. The number of esters is 1. The van der Waals surface area contributed by atoms with Crippen molar-refractivity contribution >= 4 is 33.6 Å². The normalized spacial score (nSPS) is 10.9. The highest BCUT2D eigenvalue weighted by molar-refractivity contribution is 7.17. The van der Waals surface area contributed by atoms with Crippen molar-refractivity contribution in [2.24, 2.45) is 0 Å². The summed E-state index contributed by atoms with van der Waals surface area (Å²) in [6.45, 7) is 1.69. The Morgan fingerprint density at radius 2 is 2.00 bits per heavy atom. The highest BCUT2D eigenvalue weighted by atomic mass is 32.1. The first-order valence-electron chi connectivity index (χ1n) is 8.30. The number of aryl methyl sites for hydroxylation is 1. The van der Waals surface area contributed by atoms with Gasteiger partial charge in [0, 0.05) is 23.2 Å². The molecule has 1 aromatic carbocycles. The van der Waals surface area contributed by atoms with Crippen LogP contribution in [-0.2, 0) is 11.3 Å². The fourth-order valence-corrected chi connectivity index (χ4v) is 4.31. The summed E-state index contributed by atoms with van der Waals surface area (Å²) in [5.41, 5.74) is 1.71. The summed E-state index contributed by atoms with van der Waals surface area (Å²) in [6.07, 6.45) is 1.66. The number of thiazole rings is 2. The van der Waals surface area contributed by atoms with E-state index >= 15 is 0 Å². The third kappa shape index (κ3) is 3.54. The zero-order valence-corrected chi connectivity index (χ0v) is 16.7. The Labute approximate surface area is 167 Å². The third-order valence-electron chi connectivity index (χ3n) is 4.03. The second kappa shape index (κ2) is 7.53. The molecular formula is C19H15N3O4S2. The van der Waals surface area contributed by atoms with Crippen LogP contribution in [0.5, 0.6) is 5.75 Å². The quantitative estimate of drug-likeness (QED) is 0.465. The van der Waals surface area contributed by atoms with Gasteiger partial charge in [0.1, 0.15) is 22.2 Å². The van der Waals surface area contributed by atoms with Crippen molar-refractivity contribution in [1.82, 2.24) is 14.4 Å². The molecule has 28 heavy (non-hydrogen) atoms. The highest BCUT2D eigenvalue weighted by Crippen LogP contribution is 2.29. The van der Waals surface area contributed by atoms with E-state index in [2.05, 4.69) is 9.97 Å². The molecule has 0 fully saturated rings. The van der Waals surface area contributed by atoms with Gasteiger partial charge < -0.3 is 9.47 Å². The van der Waals surface area contributed by atoms with Gasteiger partial charge in [0.15, 0.2) is 4.96 Å². The molecule has 4 rings (SSSR count). The molecular weight excluding hydrogens is 398 g/mol. The number of nitrogens with zero attached hydrogens (tertiary/aromatic N) is 3. The number of aromatic nitrogens is 3. The van der Waals surface area contributed by atoms with E-state index < -0.39 is 5.97 Å². The molecule has 0 unspecified atom stereocenters. The largest absolute Gasteiger partial charge is 0.497 e. The van der Waals surface area contributed by atoms with Gasteiger partial charge in [-0.3, -0.25) is 9.20 Å². The maximum absolute atomic E-state index is 12.5. The number of carbonyl (C=O) groups excluding carboxylic acids is 1. The zero-order valence-electron chi connectivity index (χ0n) is 15.0. The van der Waals surface area contributed by atoms with Crippen LogP contribution in [0, 0.1) is 6.92 Å². The van der Waals surface area contributed by atoms with Gasteiger partial charge in [0.05, 0.1) is 18.5 Å². The molecule has 4 aromatic rings. The maximum Gasteiger partial charge on any atom is 0.350 e. The molecule has 0 aliphatic carbocycles. The summed E-state index contributed by atoms with van der Waals surface area (Å²) in [7, 11) is 1.61. The van der Waals surface area contributed by atoms with Crippen LogP contribution >= 0.6 is 22.7 Å². The minimum absolute atomic E-state index is 0.0717. The van der Waals surface area contributed by atoms with E-state index in [1.165, 1.54) is 33.1 Å². The van der Waals surface area contributed by atoms with Crippen molar-refractivity contribution in [3.63, 3.8) is 0 Å². The second-order valence-corrected chi connectivity index (χ2v) is 7.75. The number of carbonyl (C=O) groups is 1. The van der Waals surface area contributed by atoms with E-state index in [9.17, 15) is 9.59 Å². The first kappa shape index (κ1) is 18.3. The smallest absolute Gasteiger partial charge is 0.350 e. The van der Waals surface area contributed by atoms with Crippen molar-refractivity contribution in [2.75, 3.05) is 7.11 Å². The highest BCUT2D eigenvalue weighted by Gasteiger charge is 2.18. The molecule has 0 amide bonds. The molecule has 142 valence electrons. The van der Waals surface area contributed by atoms with Crippen LogP contribution in [0.3, 0.4) is 0 Å². The van der Waals surface area contributed by atoms with E-state index in [4.69, 9.17) is 9.47 Å². The third-order valence-corrected chi connectivity index (χ3v) is 5.97. The SMILES string of the molecule is COc1ccc(-c2nc(C)c(C(=O)OCc3cc(=O)n4ccsc4n3)s2)cc1. The predicted octanol–water partition coefficient (Wildman–Crippen LogP) is 3.55. The number of benzene rings is 1.